The fraction of sp³-hybridized carbons (Fsp3) is 0.375. The summed E-state index contributed by atoms with van der Waals surface area (Å²) in [4.78, 5) is 17.7. The third kappa shape index (κ3) is 4.63. The van der Waals surface area contributed by atoms with Gasteiger partial charge in [-0.05, 0) is 17.5 Å². The molecule has 0 unspecified atom stereocenters. The van der Waals surface area contributed by atoms with Crippen molar-refractivity contribution in [1.82, 2.24) is 10.2 Å². The zero-order valence-electron chi connectivity index (χ0n) is 12.2. The minimum Gasteiger partial charge on any atom is -0.370 e. The summed E-state index contributed by atoms with van der Waals surface area (Å²) in [6.45, 7) is 6.33. The number of nitrogens with two attached hydrogens (primary N) is 1. The molecule has 1 aromatic rings. The predicted molar refractivity (Wildman–Crippen MR) is 84.6 cm³/mol. The SMILES string of the molecule is C=CCNC(N)=NCc1ccc(CN2CCCC2=O)cc1. The maximum Gasteiger partial charge on any atom is 0.222 e. The van der Waals surface area contributed by atoms with E-state index in [2.05, 4.69) is 16.9 Å². The van der Waals surface area contributed by atoms with Crippen molar-refractivity contribution < 1.29 is 4.79 Å². The van der Waals surface area contributed by atoms with Crippen LogP contribution in [-0.2, 0) is 17.9 Å². The molecule has 3 N–H and O–H groups in total. The van der Waals surface area contributed by atoms with E-state index in [0.717, 1.165) is 24.1 Å². The van der Waals surface area contributed by atoms with Crippen molar-refractivity contribution in [2.24, 2.45) is 10.7 Å². The van der Waals surface area contributed by atoms with Gasteiger partial charge in [-0.3, -0.25) is 4.79 Å². The molecule has 112 valence electrons. The van der Waals surface area contributed by atoms with Crippen LogP contribution >= 0.6 is 0 Å². The molecule has 1 saturated heterocycles. The molecular formula is C16H22N4O. The Balaban J connectivity index is 1.86. The summed E-state index contributed by atoms with van der Waals surface area (Å²) in [5, 5.41) is 2.93. The van der Waals surface area contributed by atoms with E-state index in [0.29, 0.717) is 32.0 Å². The van der Waals surface area contributed by atoms with Crippen LogP contribution in [-0.4, -0.2) is 29.9 Å². The Labute approximate surface area is 125 Å². The van der Waals surface area contributed by atoms with E-state index < -0.39 is 0 Å². The Morgan fingerprint density at radius 1 is 1.38 bits per heavy atom. The summed E-state index contributed by atoms with van der Waals surface area (Å²) in [6.07, 6.45) is 3.39. The largest absolute Gasteiger partial charge is 0.370 e. The number of nitrogens with one attached hydrogen (secondary N) is 1. The summed E-state index contributed by atoms with van der Waals surface area (Å²) in [7, 11) is 0. The number of aliphatic imine (C=N–C) groups is 1. The van der Waals surface area contributed by atoms with Crippen LogP contribution in [0.3, 0.4) is 0 Å². The molecule has 0 aliphatic carbocycles. The van der Waals surface area contributed by atoms with E-state index >= 15 is 0 Å². The molecule has 0 saturated carbocycles. The standard InChI is InChI=1S/C16H22N4O/c1-2-9-18-16(17)19-11-13-5-7-14(8-6-13)12-20-10-3-4-15(20)21/h2,5-8H,1,3-4,9-12H2,(H3,17,18,19). The van der Waals surface area contributed by atoms with Crippen LogP contribution in [0.2, 0.25) is 0 Å². The zero-order chi connectivity index (χ0) is 15.1. The first-order chi connectivity index (χ1) is 10.2. The molecule has 2 rings (SSSR count). The molecular weight excluding hydrogens is 264 g/mol. The van der Waals surface area contributed by atoms with E-state index in [-0.39, 0.29) is 5.91 Å². The highest BCUT2D eigenvalue weighted by Gasteiger charge is 2.19. The number of rotatable bonds is 6. The normalized spacial score (nSPS) is 15.3. The van der Waals surface area contributed by atoms with Gasteiger partial charge in [0.15, 0.2) is 5.96 Å². The number of benzene rings is 1. The van der Waals surface area contributed by atoms with Gasteiger partial charge in [0.05, 0.1) is 6.54 Å². The number of amides is 1. The van der Waals surface area contributed by atoms with Gasteiger partial charge >= 0.3 is 0 Å². The van der Waals surface area contributed by atoms with Crippen molar-refractivity contribution in [3.05, 3.63) is 48.0 Å². The van der Waals surface area contributed by atoms with Crippen molar-refractivity contribution in [3.63, 3.8) is 0 Å². The van der Waals surface area contributed by atoms with Crippen molar-refractivity contribution in [1.29, 1.82) is 0 Å². The first kappa shape index (κ1) is 15.1. The average molecular weight is 286 g/mol. The van der Waals surface area contributed by atoms with E-state index in [9.17, 15) is 4.79 Å². The van der Waals surface area contributed by atoms with E-state index in [1.165, 1.54) is 0 Å². The van der Waals surface area contributed by atoms with Crippen molar-refractivity contribution in [2.45, 2.75) is 25.9 Å². The van der Waals surface area contributed by atoms with Crippen LogP contribution in [0.15, 0.2) is 41.9 Å². The second-order valence-electron chi connectivity index (χ2n) is 5.11. The molecule has 1 fully saturated rings. The van der Waals surface area contributed by atoms with Crippen molar-refractivity contribution in [2.75, 3.05) is 13.1 Å². The average Bonchev–Trinajstić information content (AvgIpc) is 2.89. The summed E-state index contributed by atoms with van der Waals surface area (Å²) < 4.78 is 0. The first-order valence-corrected chi connectivity index (χ1v) is 7.19. The molecule has 1 aliphatic heterocycles. The lowest BCUT2D eigenvalue weighted by Crippen LogP contribution is -2.31. The van der Waals surface area contributed by atoms with Gasteiger partial charge in [-0.15, -0.1) is 6.58 Å². The summed E-state index contributed by atoms with van der Waals surface area (Å²) in [6, 6.07) is 8.15. The minimum absolute atomic E-state index is 0.254. The predicted octanol–water partition coefficient (Wildman–Crippen LogP) is 1.40. The molecule has 0 atom stereocenters. The topological polar surface area (TPSA) is 70.7 Å². The minimum atomic E-state index is 0.254. The van der Waals surface area contributed by atoms with Gasteiger partial charge in [-0.1, -0.05) is 30.3 Å². The maximum atomic E-state index is 11.6. The number of nitrogens with zero attached hydrogens (tertiary/aromatic N) is 2. The number of carbonyl (C=O) groups excluding carboxylic acids is 1. The highest BCUT2D eigenvalue weighted by molar-refractivity contribution is 5.78. The Morgan fingerprint density at radius 3 is 2.71 bits per heavy atom. The summed E-state index contributed by atoms with van der Waals surface area (Å²) in [5.74, 6) is 0.673. The van der Waals surface area contributed by atoms with Crippen LogP contribution < -0.4 is 11.1 Å². The molecule has 1 heterocycles. The zero-order valence-corrected chi connectivity index (χ0v) is 12.2. The number of carbonyl (C=O) groups is 1. The molecule has 5 nitrogen and oxygen atoms in total. The van der Waals surface area contributed by atoms with Gasteiger partial charge in [-0.25, -0.2) is 4.99 Å². The number of guanidine groups is 1. The number of hydrogen-bond donors (Lipinski definition) is 2. The lowest BCUT2D eigenvalue weighted by atomic mass is 10.1. The first-order valence-electron chi connectivity index (χ1n) is 7.19. The number of hydrogen-bond acceptors (Lipinski definition) is 2. The fourth-order valence-corrected chi connectivity index (χ4v) is 2.25. The second kappa shape index (κ2) is 7.47. The fourth-order valence-electron chi connectivity index (χ4n) is 2.25. The van der Waals surface area contributed by atoms with Crippen LogP contribution in [0.25, 0.3) is 0 Å². The van der Waals surface area contributed by atoms with Gasteiger partial charge in [0.25, 0.3) is 0 Å². The van der Waals surface area contributed by atoms with Gasteiger partial charge in [0.1, 0.15) is 0 Å². The molecule has 1 aromatic carbocycles. The van der Waals surface area contributed by atoms with Crippen LogP contribution in [0.4, 0.5) is 0 Å². The van der Waals surface area contributed by atoms with Gasteiger partial charge < -0.3 is 16.0 Å². The Morgan fingerprint density at radius 2 is 2.10 bits per heavy atom. The van der Waals surface area contributed by atoms with Gasteiger partial charge in [-0.2, -0.15) is 0 Å². The lowest BCUT2D eigenvalue weighted by Gasteiger charge is -2.15. The third-order valence-corrected chi connectivity index (χ3v) is 3.43. The van der Waals surface area contributed by atoms with Crippen molar-refractivity contribution in [3.8, 4) is 0 Å². The van der Waals surface area contributed by atoms with Crippen LogP contribution in [0.1, 0.15) is 24.0 Å². The van der Waals surface area contributed by atoms with Crippen LogP contribution in [0, 0.1) is 0 Å². The van der Waals surface area contributed by atoms with Gasteiger partial charge in [0, 0.05) is 26.1 Å². The molecule has 0 bridgehead atoms. The lowest BCUT2D eigenvalue weighted by molar-refractivity contribution is -0.128. The third-order valence-electron chi connectivity index (χ3n) is 3.43. The molecule has 5 heteroatoms. The second-order valence-corrected chi connectivity index (χ2v) is 5.11. The van der Waals surface area contributed by atoms with E-state index in [1.807, 2.05) is 29.2 Å². The van der Waals surface area contributed by atoms with Crippen molar-refractivity contribution >= 4 is 11.9 Å². The molecule has 1 amide bonds. The van der Waals surface area contributed by atoms with E-state index in [1.54, 1.807) is 6.08 Å². The smallest absolute Gasteiger partial charge is 0.222 e. The summed E-state index contributed by atoms with van der Waals surface area (Å²) in [5.41, 5.74) is 7.95. The van der Waals surface area contributed by atoms with Gasteiger partial charge in [0.2, 0.25) is 5.91 Å². The Hall–Kier alpha value is -2.30. The Kier molecular flexibility index (Phi) is 5.37. The summed E-state index contributed by atoms with van der Waals surface area (Å²) >= 11 is 0. The molecule has 1 aliphatic rings. The molecule has 0 radical (unpaired) electrons. The van der Waals surface area contributed by atoms with Crippen LogP contribution in [0.5, 0.6) is 0 Å². The highest BCUT2D eigenvalue weighted by atomic mass is 16.2. The quantitative estimate of drug-likeness (QED) is 0.472. The Bertz CT molecular complexity index is 522. The molecule has 0 spiro atoms. The maximum absolute atomic E-state index is 11.6. The molecule has 21 heavy (non-hydrogen) atoms. The monoisotopic (exact) mass is 286 g/mol. The number of likely N-dealkylation sites (tertiary alicyclic amines) is 1. The van der Waals surface area contributed by atoms with E-state index in [4.69, 9.17) is 5.73 Å². The highest BCUT2D eigenvalue weighted by Crippen LogP contribution is 2.14. The molecule has 0 aromatic heterocycles.